The summed E-state index contributed by atoms with van der Waals surface area (Å²) in [5.41, 5.74) is 6.79. The Labute approximate surface area is 173 Å². The number of nitrogen functional groups attached to an aromatic ring is 1. The number of aromatic nitrogens is 3. The fourth-order valence-electron chi connectivity index (χ4n) is 3.82. The van der Waals surface area contributed by atoms with Gasteiger partial charge in [0.2, 0.25) is 0 Å². The highest BCUT2D eigenvalue weighted by molar-refractivity contribution is 6.31. The van der Waals surface area contributed by atoms with Gasteiger partial charge in [0.15, 0.2) is 6.23 Å². The molecule has 1 aliphatic heterocycles. The molecule has 30 heavy (non-hydrogen) atoms. The van der Waals surface area contributed by atoms with Gasteiger partial charge in [-0.2, -0.15) is 13.2 Å². The molecule has 1 saturated heterocycles. The van der Waals surface area contributed by atoms with Crippen molar-refractivity contribution in [2.75, 3.05) is 5.73 Å². The molecule has 3 aromatic rings. The topological polar surface area (TPSA) is 106 Å². The van der Waals surface area contributed by atoms with Crippen molar-refractivity contribution in [1.29, 1.82) is 0 Å². The largest absolute Gasteiger partial charge is 0.397 e. The molecule has 4 rings (SSSR count). The Morgan fingerprint density at radius 2 is 2.00 bits per heavy atom. The number of alkyl halides is 3. The van der Waals surface area contributed by atoms with Gasteiger partial charge >= 0.3 is 6.18 Å². The molecule has 3 heterocycles. The lowest BCUT2D eigenvalue weighted by Gasteiger charge is -2.26. The van der Waals surface area contributed by atoms with E-state index in [4.69, 9.17) is 22.1 Å². The first-order valence-corrected chi connectivity index (χ1v) is 9.38. The zero-order valence-electron chi connectivity index (χ0n) is 15.6. The van der Waals surface area contributed by atoms with Crippen LogP contribution in [0.4, 0.5) is 19.0 Å². The Morgan fingerprint density at radius 1 is 1.27 bits per heavy atom. The van der Waals surface area contributed by atoms with Crippen LogP contribution in [0.15, 0.2) is 36.8 Å². The summed E-state index contributed by atoms with van der Waals surface area (Å²) >= 11 is 5.97. The number of fused-ring (bicyclic) bond motifs is 1. The summed E-state index contributed by atoms with van der Waals surface area (Å²) in [6, 6.07) is 5.92. The van der Waals surface area contributed by atoms with E-state index in [0.717, 1.165) is 0 Å². The van der Waals surface area contributed by atoms with Crippen LogP contribution in [0.3, 0.4) is 0 Å². The highest BCUT2D eigenvalue weighted by atomic mass is 35.5. The minimum Gasteiger partial charge on any atom is -0.388 e. The third-order valence-electron chi connectivity index (χ3n) is 5.34. The lowest BCUT2D eigenvalue weighted by Crippen LogP contribution is -2.40. The van der Waals surface area contributed by atoms with E-state index in [-0.39, 0.29) is 17.0 Å². The molecule has 4 N–H and O–H groups in total. The van der Waals surface area contributed by atoms with E-state index < -0.39 is 36.6 Å². The number of rotatable bonds is 3. The van der Waals surface area contributed by atoms with Crippen molar-refractivity contribution in [1.82, 2.24) is 14.5 Å². The molecule has 2 unspecified atom stereocenters. The van der Waals surface area contributed by atoms with Crippen molar-refractivity contribution in [3.63, 3.8) is 0 Å². The molecule has 0 spiro atoms. The molecule has 1 aromatic carbocycles. The Bertz CT molecular complexity index is 1090. The predicted molar refractivity (Wildman–Crippen MR) is 103 cm³/mol. The van der Waals surface area contributed by atoms with Gasteiger partial charge in [-0.3, -0.25) is 0 Å². The number of nitrogens with zero attached hydrogens (tertiary/aromatic N) is 3. The number of aryl methyl sites for hydroxylation is 1. The van der Waals surface area contributed by atoms with Gasteiger partial charge in [0.05, 0.1) is 5.39 Å². The molecule has 7 nitrogen and oxygen atoms in total. The molecule has 1 fully saturated rings. The summed E-state index contributed by atoms with van der Waals surface area (Å²) in [4.78, 5) is 7.88. The second kappa shape index (κ2) is 7.38. The van der Waals surface area contributed by atoms with Gasteiger partial charge in [-0.05, 0) is 30.2 Å². The molecular formula is C19H18ClF3N4O3. The molecule has 160 valence electrons. The van der Waals surface area contributed by atoms with Gasteiger partial charge in [-0.25, -0.2) is 9.97 Å². The van der Waals surface area contributed by atoms with E-state index in [1.807, 2.05) is 0 Å². The number of halogens is 4. The van der Waals surface area contributed by atoms with E-state index in [1.165, 1.54) is 41.4 Å². The van der Waals surface area contributed by atoms with E-state index >= 15 is 0 Å². The molecular weight excluding hydrogens is 425 g/mol. The number of nitrogens with two attached hydrogens (primary N) is 1. The molecule has 0 saturated carbocycles. The summed E-state index contributed by atoms with van der Waals surface area (Å²) in [5.74, 6) is -2.18. The minimum absolute atomic E-state index is 0.145. The summed E-state index contributed by atoms with van der Waals surface area (Å²) in [6.45, 7) is 1.67. The molecule has 1 aliphatic rings. The maximum absolute atomic E-state index is 13.8. The number of hydrogen-bond donors (Lipinski definition) is 3. The van der Waals surface area contributed by atoms with Crippen LogP contribution in [0.5, 0.6) is 0 Å². The average molecular weight is 443 g/mol. The van der Waals surface area contributed by atoms with Crippen LogP contribution < -0.4 is 5.73 Å². The third kappa shape index (κ3) is 3.39. The van der Waals surface area contributed by atoms with Crippen LogP contribution in [0, 0.1) is 12.8 Å². The standard InChI is InChI=1S/C19H18ClF3N4O3/c1-8-6-9(2-3-11(8)20)13(28)15-12(19(21,22)23)14(29)18(30-15)27-5-4-10-16(24)25-7-26-17(10)27/h2-7,12-15,18,28-29H,1H3,(H2,24,25,26)/t12?,13-,14-,15?,18-/m1/s1. The average Bonchev–Trinajstić information content (AvgIpc) is 3.25. The van der Waals surface area contributed by atoms with Gasteiger partial charge in [-0.1, -0.05) is 23.7 Å². The first-order chi connectivity index (χ1) is 14.1. The first-order valence-electron chi connectivity index (χ1n) is 9.01. The Kier molecular flexibility index (Phi) is 5.13. The van der Waals surface area contributed by atoms with E-state index in [2.05, 4.69) is 9.97 Å². The zero-order valence-corrected chi connectivity index (χ0v) is 16.3. The minimum atomic E-state index is -4.82. The Balaban J connectivity index is 1.75. The fourth-order valence-corrected chi connectivity index (χ4v) is 3.93. The number of aliphatic hydroxyl groups excluding tert-OH is 2. The molecule has 2 aromatic heterocycles. The van der Waals surface area contributed by atoms with Gasteiger partial charge in [0.1, 0.15) is 42.0 Å². The van der Waals surface area contributed by atoms with Gasteiger partial charge < -0.3 is 25.3 Å². The lowest BCUT2D eigenvalue weighted by atomic mass is 9.90. The second-order valence-electron chi connectivity index (χ2n) is 7.22. The maximum Gasteiger partial charge on any atom is 0.397 e. The quantitative estimate of drug-likeness (QED) is 0.575. The van der Waals surface area contributed by atoms with E-state index in [0.29, 0.717) is 16.0 Å². The van der Waals surface area contributed by atoms with Crippen LogP contribution in [0.25, 0.3) is 11.0 Å². The summed E-state index contributed by atoms with van der Waals surface area (Å²) in [7, 11) is 0. The fraction of sp³-hybridized carbons (Fsp3) is 0.368. The second-order valence-corrected chi connectivity index (χ2v) is 7.63. The Morgan fingerprint density at radius 3 is 2.67 bits per heavy atom. The van der Waals surface area contributed by atoms with E-state index in [9.17, 15) is 23.4 Å². The normalized spacial score (nSPS) is 25.7. The van der Waals surface area contributed by atoms with Crippen molar-refractivity contribution < 1.29 is 28.1 Å². The van der Waals surface area contributed by atoms with Crippen LogP contribution >= 0.6 is 11.6 Å². The van der Waals surface area contributed by atoms with Crippen LogP contribution in [0.1, 0.15) is 23.5 Å². The third-order valence-corrected chi connectivity index (χ3v) is 5.76. The van der Waals surface area contributed by atoms with E-state index in [1.54, 1.807) is 6.92 Å². The first kappa shape index (κ1) is 20.9. The monoisotopic (exact) mass is 442 g/mol. The van der Waals surface area contributed by atoms with Crippen LogP contribution in [-0.2, 0) is 4.74 Å². The zero-order chi connectivity index (χ0) is 21.8. The predicted octanol–water partition coefficient (Wildman–Crippen LogP) is 3.15. The molecule has 11 heteroatoms. The maximum atomic E-state index is 13.8. The van der Waals surface area contributed by atoms with Crippen LogP contribution in [-0.4, -0.2) is 43.1 Å². The Hall–Kier alpha value is -2.40. The van der Waals surface area contributed by atoms with Crippen molar-refractivity contribution >= 4 is 28.5 Å². The number of aliphatic hydroxyl groups is 2. The van der Waals surface area contributed by atoms with Crippen molar-refractivity contribution in [2.45, 2.75) is 37.6 Å². The molecule has 0 aliphatic carbocycles. The van der Waals surface area contributed by atoms with Crippen molar-refractivity contribution in [3.8, 4) is 0 Å². The summed E-state index contributed by atoms with van der Waals surface area (Å²) < 4.78 is 48.4. The smallest absolute Gasteiger partial charge is 0.388 e. The highest BCUT2D eigenvalue weighted by Crippen LogP contribution is 2.48. The molecule has 0 radical (unpaired) electrons. The summed E-state index contributed by atoms with van der Waals surface area (Å²) in [6.07, 6.45) is -9.05. The highest BCUT2D eigenvalue weighted by Gasteiger charge is 2.60. The number of hydrogen-bond acceptors (Lipinski definition) is 6. The number of anilines is 1. The van der Waals surface area contributed by atoms with Crippen molar-refractivity contribution in [3.05, 3.63) is 52.9 Å². The van der Waals surface area contributed by atoms with Gasteiger partial charge in [-0.15, -0.1) is 0 Å². The number of ether oxygens (including phenoxy) is 1. The lowest BCUT2D eigenvalue weighted by molar-refractivity contribution is -0.211. The SMILES string of the molecule is Cc1cc([C@@H](O)C2O[C@@H](n3ccc4c(N)ncnc43)[C@H](O)C2C(F)(F)F)ccc1Cl. The molecule has 0 bridgehead atoms. The van der Waals surface area contributed by atoms with Gasteiger partial charge in [0.25, 0.3) is 0 Å². The van der Waals surface area contributed by atoms with Gasteiger partial charge in [0, 0.05) is 11.2 Å². The summed E-state index contributed by atoms with van der Waals surface area (Å²) in [5, 5.41) is 22.1. The van der Waals surface area contributed by atoms with Crippen LogP contribution in [0.2, 0.25) is 5.02 Å². The van der Waals surface area contributed by atoms with Crippen molar-refractivity contribution in [2.24, 2.45) is 5.92 Å². The molecule has 5 atom stereocenters. The molecule has 0 amide bonds. The number of benzene rings is 1.